The van der Waals surface area contributed by atoms with Gasteiger partial charge in [-0.15, -0.1) is 22.7 Å². The second-order valence-electron chi connectivity index (χ2n) is 8.85. The first-order valence-electron chi connectivity index (χ1n) is 11.2. The predicted octanol–water partition coefficient (Wildman–Crippen LogP) is 5.37. The lowest BCUT2D eigenvalue weighted by Gasteiger charge is -2.20. The highest BCUT2D eigenvalue weighted by Gasteiger charge is 2.28. The smallest absolute Gasteiger partial charge is 0.341 e. The fraction of sp³-hybridized carbons (Fsp3) is 0.458. The number of rotatable bonds is 3. The standard InChI is InChI=1S/C24H27N3O3S2/c1-12-8-9-16-13(10-12)11-15-19(25)20(32-22(15)26-16)21(28)27-23-18(24(29)30-2)14-6-4-3-5-7-17(14)31-23/h11-12H,3-10,25H2,1-2H3,(H,27,28). The van der Waals surface area contributed by atoms with Crippen LogP contribution in [0.4, 0.5) is 10.7 Å². The fourth-order valence-corrected chi connectivity index (χ4v) is 7.11. The van der Waals surface area contributed by atoms with Gasteiger partial charge in [0.15, 0.2) is 0 Å². The molecule has 1 unspecified atom stereocenters. The van der Waals surface area contributed by atoms with Gasteiger partial charge in [0.05, 0.1) is 18.4 Å². The number of hydrogen-bond acceptors (Lipinski definition) is 7. The van der Waals surface area contributed by atoms with Crippen LogP contribution in [-0.4, -0.2) is 24.0 Å². The molecule has 2 aliphatic carbocycles. The molecule has 0 saturated carbocycles. The van der Waals surface area contributed by atoms with E-state index in [4.69, 9.17) is 15.5 Å². The molecule has 3 N–H and O–H groups in total. The van der Waals surface area contributed by atoms with Crippen molar-refractivity contribution in [2.75, 3.05) is 18.2 Å². The first-order valence-corrected chi connectivity index (χ1v) is 12.8. The van der Waals surface area contributed by atoms with Gasteiger partial charge in [0, 0.05) is 16.0 Å². The Hall–Kier alpha value is -2.45. The maximum absolute atomic E-state index is 13.3. The van der Waals surface area contributed by atoms with Crippen LogP contribution in [0, 0.1) is 5.92 Å². The van der Waals surface area contributed by atoms with Crippen molar-refractivity contribution < 1.29 is 14.3 Å². The van der Waals surface area contributed by atoms with E-state index in [-0.39, 0.29) is 5.91 Å². The minimum atomic E-state index is -0.396. The van der Waals surface area contributed by atoms with Gasteiger partial charge in [-0.1, -0.05) is 13.3 Å². The third-order valence-corrected chi connectivity index (χ3v) is 8.90. The zero-order valence-electron chi connectivity index (χ0n) is 18.4. The molecule has 3 aromatic heterocycles. The molecule has 2 aliphatic rings. The van der Waals surface area contributed by atoms with Crippen molar-refractivity contribution in [2.45, 2.75) is 58.3 Å². The van der Waals surface area contributed by atoms with Crippen LogP contribution in [0.25, 0.3) is 10.2 Å². The summed E-state index contributed by atoms with van der Waals surface area (Å²) in [6, 6.07) is 2.11. The van der Waals surface area contributed by atoms with E-state index in [1.807, 2.05) is 0 Å². The largest absolute Gasteiger partial charge is 0.465 e. The van der Waals surface area contributed by atoms with Crippen LogP contribution >= 0.6 is 22.7 Å². The van der Waals surface area contributed by atoms with Crippen LogP contribution < -0.4 is 11.1 Å². The number of nitrogen functional groups attached to an aromatic ring is 1. The van der Waals surface area contributed by atoms with E-state index < -0.39 is 5.97 Å². The molecule has 5 rings (SSSR count). The predicted molar refractivity (Wildman–Crippen MR) is 130 cm³/mol. The molecule has 3 heterocycles. The summed E-state index contributed by atoms with van der Waals surface area (Å²) < 4.78 is 5.05. The molecule has 8 heteroatoms. The Morgan fingerprint density at radius 3 is 2.81 bits per heavy atom. The summed E-state index contributed by atoms with van der Waals surface area (Å²) in [4.78, 5) is 33.1. The number of amides is 1. The van der Waals surface area contributed by atoms with Gasteiger partial charge >= 0.3 is 5.97 Å². The summed E-state index contributed by atoms with van der Waals surface area (Å²) in [5, 5.41) is 4.39. The van der Waals surface area contributed by atoms with Crippen molar-refractivity contribution in [2.24, 2.45) is 5.92 Å². The van der Waals surface area contributed by atoms with Gasteiger partial charge in [-0.3, -0.25) is 4.79 Å². The van der Waals surface area contributed by atoms with Crippen molar-refractivity contribution in [3.8, 4) is 0 Å². The Balaban J connectivity index is 1.50. The number of ether oxygens (including phenoxy) is 1. The van der Waals surface area contributed by atoms with Crippen molar-refractivity contribution in [3.63, 3.8) is 0 Å². The minimum Gasteiger partial charge on any atom is -0.465 e. The van der Waals surface area contributed by atoms with Gasteiger partial charge in [0.25, 0.3) is 5.91 Å². The van der Waals surface area contributed by atoms with Gasteiger partial charge in [-0.2, -0.15) is 0 Å². The molecule has 0 bridgehead atoms. The number of nitrogens with one attached hydrogen (secondary N) is 1. The number of pyridine rings is 1. The van der Waals surface area contributed by atoms with Crippen LogP contribution in [0.5, 0.6) is 0 Å². The Bertz CT molecular complexity index is 1230. The quantitative estimate of drug-likeness (QED) is 0.397. The maximum atomic E-state index is 13.3. The van der Waals surface area contributed by atoms with E-state index in [1.165, 1.54) is 40.2 Å². The van der Waals surface area contributed by atoms with Gasteiger partial charge in [-0.25, -0.2) is 9.78 Å². The van der Waals surface area contributed by atoms with Gasteiger partial charge in [0.1, 0.15) is 14.7 Å². The third-order valence-electron chi connectivity index (χ3n) is 6.58. The summed E-state index contributed by atoms with van der Waals surface area (Å²) in [6.45, 7) is 2.25. The first kappa shape index (κ1) is 21.4. The number of anilines is 2. The highest BCUT2D eigenvalue weighted by molar-refractivity contribution is 7.21. The molecule has 6 nitrogen and oxygen atoms in total. The molecule has 0 aliphatic heterocycles. The normalized spacial score (nSPS) is 18.0. The SMILES string of the molecule is COC(=O)c1c(NC(=O)c2sc3nc4c(cc3c2N)CC(C)CC4)sc2c1CCCCC2. The molecule has 0 aromatic carbocycles. The van der Waals surface area contributed by atoms with Crippen molar-refractivity contribution >= 4 is 55.5 Å². The number of aryl methyl sites for hydroxylation is 2. The van der Waals surface area contributed by atoms with Crippen LogP contribution in [0.3, 0.4) is 0 Å². The molecule has 168 valence electrons. The second-order valence-corrected chi connectivity index (χ2v) is 11.0. The number of aromatic nitrogens is 1. The summed E-state index contributed by atoms with van der Waals surface area (Å²) >= 11 is 2.81. The average Bonchev–Trinajstić information content (AvgIpc) is 3.18. The molecule has 0 fully saturated rings. The van der Waals surface area contributed by atoms with Crippen LogP contribution in [0.1, 0.15) is 74.3 Å². The zero-order valence-corrected chi connectivity index (χ0v) is 20.0. The lowest BCUT2D eigenvalue weighted by atomic mass is 9.87. The number of methoxy groups -OCH3 is 1. The Labute approximate surface area is 195 Å². The maximum Gasteiger partial charge on any atom is 0.341 e. The van der Waals surface area contributed by atoms with Crippen molar-refractivity contribution in [1.82, 2.24) is 4.98 Å². The molecule has 3 aromatic rings. The Morgan fingerprint density at radius 1 is 1.19 bits per heavy atom. The molecule has 1 atom stereocenters. The zero-order chi connectivity index (χ0) is 22.4. The first-order chi connectivity index (χ1) is 15.5. The van der Waals surface area contributed by atoms with Crippen LogP contribution in [-0.2, 0) is 30.4 Å². The van der Waals surface area contributed by atoms with E-state index >= 15 is 0 Å². The summed E-state index contributed by atoms with van der Waals surface area (Å²) in [5.74, 6) is -0.0546. The Kier molecular flexibility index (Phi) is 5.67. The van der Waals surface area contributed by atoms with E-state index in [1.54, 1.807) is 0 Å². The van der Waals surface area contributed by atoms with Gasteiger partial charge in [0.2, 0.25) is 0 Å². The van der Waals surface area contributed by atoms with E-state index in [9.17, 15) is 9.59 Å². The number of nitrogens with two attached hydrogens (primary N) is 1. The summed E-state index contributed by atoms with van der Waals surface area (Å²) in [5.41, 5.74) is 10.8. The minimum absolute atomic E-state index is 0.293. The van der Waals surface area contributed by atoms with Gasteiger partial charge in [-0.05, 0) is 68.1 Å². The number of carbonyl (C=O) groups is 2. The summed E-state index contributed by atoms with van der Waals surface area (Å²) in [6.07, 6.45) is 8.16. The highest BCUT2D eigenvalue weighted by atomic mass is 32.1. The monoisotopic (exact) mass is 469 g/mol. The van der Waals surface area contributed by atoms with E-state index in [0.717, 1.165) is 72.8 Å². The number of fused-ring (bicyclic) bond motifs is 3. The number of thiophene rings is 2. The lowest BCUT2D eigenvalue weighted by Crippen LogP contribution is -2.14. The topological polar surface area (TPSA) is 94.3 Å². The average molecular weight is 470 g/mol. The molecule has 0 radical (unpaired) electrons. The molecular formula is C24H27N3O3S2. The fourth-order valence-electron chi connectivity index (χ4n) is 4.85. The second kappa shape index (κ2) is 8.48. The van der Waals surface area contributed by atoms with Crippen LogP contribution in [0.2, 0.25) is 0 Å². The molecule has 32 heavy (non-hydrogen) atoms. The van der Waals surface area contributed by atoms with E-state index in [0.29, 0.717) is 27.0 Å². The highest BCUT2D eigenvalue weighted by Crippen LogP contribution is 2.40. The summed E-state index contributed by atoms with van der Waals surface area (Å²) in [7, 11) is 1.38. The lowest BCUT2D eigenvalue weighted by molar-refractivity contribution is 0.0601. The molecule has 0 spiro atoms. The Morgan fingerprint density at radius 2 is 2.00 bits per heavy atom. The number of carbonyl (C=O) groups excluding carboxylic acids is 2. The third kappa shape index (κ3) is 3.69. The molecule has 0 saturated heterocycles. The van der Waals surface area contributed by atoms with Crippen LogP contribution in [0.15, 0.2) is 6.07 Å². The number of esters is 1. The van der Waals surface area contributed by atoms with Crippen molar-refractivity contribution in [1.29, 1.82) is 0 Å². The molecule has 1 amide bonds. The van der Waals surface area contributed by atoms with Gasteiger partial charge < -0.3 is 15.8 Å². The molecular weight excluding hydrogens is 442 g/mol. The van der Waals surface area contributed by atoms with E-state index in [2.05, 4.69) is 18.3 Å². The van der Waals surface area contributed by atoms with Crippen molar-refractivity contribution in [3.05, 3.63) is 38.2 Å². The number of nitrogens with zero attached hydrogens (tertiary/aromatic N) is 1. The number of hydrogen-bond donors (Lipinski definition) is 2.